The van der Waals surface area contributed by atoms with Crippen molar-refractivity contribution in [2.24, 2.45) is 11.5 Å². The highest BCUT2D eigenvalue weighted by Crippen LogP contribution is 1.85. The molecule has 2 nitrogen and oxygen atoms in total. The van der Waals surface area contributed by atoms with Crippen molar-refractivity contribution >= 4 is 0 Å². The number of allylic oxidation sites excluding steroid dienone is 1. The van der Waals surface area contributed by atoms with Gasteiger partial charge in [0, 0.05) is 12.2 Å². The molecule has 0 saturated carbocycles. The fourth-order valence-electron chi connectivity index (χ4n) is 0.253. The Bertz CT molecular complexity index is 66.5. The smallest absolute Gasteiger partial charge is 0.0126 e. The molecule has 0 atom stereocenters. The van der Waals surface area contributed by atoms with Gasteiger partial charge in [0.2, 0.25) is 0 Å². The minimum absolute atomic E-state index is 0.515. The quantitative estimate of drug-likeness (QED) is 0.512. The summed E-state index contributed by atoms with van der Waals surface area (Å²) >= 11 is 0. The molecule has 0 aromatic heterocycles. The Balaban J connectivity index is 3.29. The maximum atomic E-state index is 5.30. The van der Waals surface area contributed by atoms with Gasteiger partial charge in [0.25, 0.3) is 0 Å². The molecule has 0 amide bonds. The van der Waals surface area contributed by atoms with Gasteiger partial charge in [-0.1, -0.05) is 6.08 Å². The summed E-state index contributed by atoms with van der Waals surface area (Å²) in [6, 6.07) is 0. The van der Waals surface area contributed by atoms with E-state index in [1.54, 1.807) is 6.08 Å². The standard InChI is InChI=1S/C5H11N2/c1-2-5(7)3-4-6/h3H,1-2,4,6-7H2. The molecule has 4 N–H and O–H groups in total. The van der Waals surface area contributed by atoms with Crippen LogP contribution in [0.1, 0.15) is 6.42 Å². The van der Waals surface area contributed by atoms with Crippen LogP contribution in [0.25, 0.3) is 0 Å². The van der Waals surface area contributed by atoms with Gasteiger partial charge >= 0.3 is 0 Å². The fraction of sp³-hybridized carbons (Fsp3) is 0.400. The van der Waals surface area contributed by atoms with Crippen LogP contribution in [0.4, 0.5) is 0 Å². The van der Waals surface area contributed by atoms with E-state index >= 15 is 0 Å². The lowest BCUT2D eigenvalue weighted by molar-refractivity contribution is 1.11. The summed E-state index contributed by atoms with van der Waals surface area (Å²) < 4.78 is 0. The summed E-state index contributed by atoms with van der Waals surface area (Å²) in [5.74, 6) is 0. The molecule has 1 radical (unpaired) electrons. The van der Waals surface area contributed by atoms with Crippen LogP contribution >= 0.6 is 0 Å². The van der Waals surface area contributed by atoms with E-state index in [4.69, 9.17) is 11.5 Å². The Kier molecular flexibility index (Phi) is 3.42. The van der Waals surface area contributed by atoms with E-state index in [2.05, 4.69) is 6.92 Å². The van der Waals surface area contributed by atoms with Crippen LogP contribution in [-0.4, -0.2) is 6.54 Å². The molecule has 0 unspecified atom stereocenters. The third kappa shape index (κ3) is 3.33. The first-order valence-corrected chi connectivity index (χ1v) is 2.25. The van der Waals surface area contributed by atoms with Gasteiger partial charge < -0.3 is 11.5 Å². The Labute approximate surface area is 44.2 Å². The third-order valence-electron chi connectivity index (χ3n) is 0.669. The first-order valence-electron chi connectivity index (χ1n) is 2.25. The van der Waals surface area contributed by atoms with Gasteiger partial charge in [0.1, 0.15) is 0 Å². The summed E-state index contributed by atoms with van der Waals surface area (Å²) in [6.45, 7) is 4.07. The summed E-state index contributed by atoms with van der Waals surface area (Å²) in [5, 5.41) is 0. The summed E-state index contributed by atoms with van der Waals surface area (Å²) in [4.78, 5) is 0. The largest absolute Gasteiger partial charge is 0.402 e. The molecule has 0 rings (SSSR count). The molecular formula is C5H11N2. The van der Waals surface area contributed by atoms with Gasteiger partial charge in [-0.2, -0.15) is 0 Å². The van der Waals surface area contributed by atoms with Crippen LogP contribution in [0, 0.1) is 6.92 Å². The number of hydrogen-bond acceptors (Lipinski definition) is 2. The average Bonchev–Trinajstić information content (AvgIpc) is 1.68. The van der Waals surface area contributed by atoms with E-state index in [-0.39, 0.29) is 0 Å². The monoisotopic (exact) mass is 99.1 g/mol. The molecule has 0 heterocycles. The molecule has 0 saturated heterocycles. The van der Waals surface area contributed by atoms with Crippen LogP contribution in [0.2, 0.25) is 0 Å². The van der Waals surface area contributed by atoms with Gasteiger partial charge in [0.05, 0.1) is 0 Å². The first kappa shape index (κ1) is 6.50. The molecule has 41 valence electrons. The molecule has 0 aliphatic carbocycles. The first-order chi connectivity index (χ1) is 3.31. The Morgan fingerprint density at radius 2 is 2.29 bits per heavy atom. The van der Waals surface area contributed by atoms with Crippen molar-refractivity contribution < 1.29 is 0 Å². The van der Waals surface area contributed by atoms with E-state index in [1.807, 2.05) is 0 Å². The highest BCUT2D eigenvalue weighted by Gasteiger charge is 1.77. The zero-order chi connectivity index (χ0) is 5.70. The van der Waals surface area contributed by atoms with E-state index in [9.17, 15) is 0 Å². The molecule has 0 spiro atoms. The second-order valence-corrected chi connectivity index (χ2v) is 1.26. The maximum Gasteiger partial charge on any atom is 0.0126 e. The Morgan fingerprint density at radius 3 is 2.43 bits per heavy atom. The van der Waals surface area contributed by atoms with Gasteiger partial charge in [-0.05, 0) is 13.3 Å². The van der Waals surface area contributed by atoms with Crippen molar-refractivity contribution in [3.63, 3.8) is 0 Å². The van der Waals surface area contributed by atoms with Crippen molar-refractivity contribution in [1.29, 1.82) is 0 Å². The molecule has 0 aliphatic heterocycles. The van der Waals surface area contributed by atoms with Crippen molar-refractivity contribution in [3.05, 3.63) is 18.7 Å². The lowest BCUT2D eigenvalue weighted by atomic mass is 10.3. The molecule has 2 heteroatoms. The van der Waals surface area contributed by atoms with E-state index in [0.29, 0.717) is 13.0 Å². The van der Waals surface area contributed by atoms with Crippen LogP contribution in [-0.2, 0) is 0 Å². The van der Waals surface area contributed by atoms with E-state index in [1.165, 1.54) is 0 Å². The minimum atomic E-state index is 0.515. The topological polar surface area (TPSA) is 52.0 Å². The fourth-order valence-corrected chi connectivity index (χ4v) is 0.253. The van der Waals surface area contributed by atoms with Gasteiger partial charge in [-0.3, -0.25) is 0 Å². The number of nitrogens with two attached hydrogens (primary N) is 2. The summed E-state index contributed by atoms with van der Waals surface area (Å²) in [7, 11) is 0. The summed E-state index contributed by atoms with van der Waals surface area (Å²) in [6.07, 6.45) is 2.41. The second-order valence-electron chi connectivity index (χ2n) is 1.26. The third-order valence-corrected chi connectivity index (χ3v) is 0.669. The molecular weight excluding hydrogens is 88.1 g/mol. The van der Waals surface area contributed by atoms with Crippen LogP contribution < -0.4 is 11.5 Å². The zero-order valence-electron chi connectivity index (χ0n) is 4.35. The lowest BCUT2D eigenvalue weighted by Gasteiger charge is -1.89. The minimum Gasteiger partial charge on any atom is -0.402 e. The Morgan fingerprint density at radius 1 is 1.71 bits per heavy atom. The highest BCUT2D eigenvalue weighted by molar-refractivity contribution is 4.97. The van der Waals surface area contributed by atoms with Gasteiger partial charge in [-0.15, -0.1) is 0 Å². The van der Waals surface area contributed by atoms with Crippen LogP contribution in [0.15, 0.2) is 11.8 Å². The Hall–Kier alpha value is -0.500. The van der Waals surface area contributed by atoms with E-state index < -0.39 is 0 Å². The van der Waals surface area contributed by atoms with Crippen molar-refractivity contribution in [1.82, 2.24) is 0 Å². The predicted molar refractivity (Wildman–Crippen MR) is 31.3 cm³/mol. The number of rotatable bonds is 2. The summed E-state index contributed by atoms with van der Waals surface area (Å²) in [5.41, 5.74) is 11.2. The molecule has 7 heavy (non-hydrogen) atoms. The molecule has 0 aliphatic rings. The lowest BCUT2D eigenvalue weighted by Crippen LogP contribution is -2.01. The van der Waals surface area contributed by atoms with Crippen molar-refractivity contribution in [2.75, 3.05) is 6.54 Å². The maximum absolute atomic E-state index is 5.30. The van der Waals surface area contributed by atoms with E-state index in [0.717, 1.165) is 5.70 Å². The molecule has 0 aromatic rings. The molecule has 0 bridgehead atoms. The van der Waals surface area contributed by atoms with Gasteiger partial charge in [-0.25, -0.2) is 0 Å². The van der Waals surface area contributed by atoms with Crippen LogP contribution in [0.3, 0.4) is 0 Å². The average molecular weight is 99.2 g/mol. The second kappa shape index (κ2) is 3.68. The highest BCUT2D eigenvalue weighted by atomic mass is 14.6. The van der Waals surface area contributed by atoms with Gasteiger partial charge in [0.15, 0.2) is 0 Å². The molecule has 0 aromatic carbocycles. The van der Waals surface area contributed by atoms with Crippen molar-refractivity contribution in [3.8, 4) is 0 Å². The predicted octanol–water partition coefficient (Wildman–Crippen LogP) is 0.0119. The normalized spacial score (nSPS) is 12.0. The zero-order valence-corrected chi connectivity index (χ0v) is 4.35. The van der Waals surface area contributed by atoms with Crippen molar-refractivity contribution in [2.45, 2.75) is 6.42 Å². The SMILES string of the molecule is [CH2]CC(N)=CCN. The number of hydrogen-bond donors (Lipinski definition) is 2. The van der Waals surface area contributed by atoms with Crippen LogP contribution in [0.5, 0.6) is 0 Å². The molecule has 0 fully saturated rings.